The van der Waals surface area contributed by atoms with E-state index in [1.54, 1.807) is 0 Å². The molecule has 1 saturated carbocycles. The minimum atomic E-state index is -5.02. The molecule has 4 rings (SSSR count). The van der Waals surface area contributed by atoms with Gasteiger partial charge in [0.05, 0.1) is 18.2 Å². The zero-order chi connectivity index (χ0) is 25.5. The molecule has 0 amide bonds. The number of hydrogen-bond acceptors (Lipinski definition) is 11. The Morgan fingerprint density at radius 2 is 1.97 bits per heavy atom. The lowest BCUT2D eigenvalue weighted by Crippen LogP contribution is -2.36. The average molecular weight is 557 g/mol. The van der Waals surface area contributed by atoms with Crippen LogP contribution in [0.5, 0.6) is 0 Å². The zero-order valence-electron chi connectivity index (χ0n) is 18.2. The summed E-state index contributed by atoms with van der Waals surface area (Å²) < 4.78 is 46.1. The van der Waals surface area contributed by atoms with Crippen LogP contribution in [0, 0.1) is 0 Å². The van der Waals surface area contributed by atoms with E-state index in [2.05, 4.69) is 20.4 Å². The van der Waals surface area contributed by atoms with Gasteiger partial charge in [-0.05, 0) is 24.4 Å². The highest BCUT2D eigenvalue weighted by Crippen LogP contribution is 2.43. The summed E-state index contributed by atoms with van der Waals surface area (Å²) in [6.45, 7) is -0.649. The Kier molecular flexibility index (Phi) is 7.70. The van der Waals surface area contributed by atoms with Crippen molar-refractivity contribution in [1.29, 1.82) is 0 Å². The first-order chi connectivity index (χ1) is 16.3. The molecule has 0 unspecified atom stereocenters. The summed E-state index contributed by atoms with van der Waals surface area (Å²) in [6.07, 6.45) is 0.00631. The molecule has 35 heavy (non-hydrogen) atoms. The molecule has 1 aliphatic carbocycles. The number of aromatic nitrogens is 4. The van der Waals surface area contributed by atoms with Crippen LogP contribution in [0.4, 0.5) is 5.82 Å². The van der Waals surface area contributed by atoms with Crippen LogP contribution in [0.1, 0.15) is 31.9 Å². The molecule has 2 fully saturated rings. The molecule has 2 aromatic heterocycles. The summed E-state index contributed by atoms with van der Waals surface area (Å²) in [4.78, 5) is 27.2. The fourth-order valence-corrected chi connectivity index (χ4v) is 6.51. The highest BCUT2D eigenvalue weighted by Gasteiger charge is 2.46. The average Bonchev–Trinajstić information content (AvgIpc) is 3.45. The van der Waals surface area contributed by atoms with E-state index in [0.717, 1.165) is 25.7 Å². The van der Waals surface area contributed by atoms with Crippen LogP contribution in [-0.2, 0) is 24.1 Å². The van der Waals surface area contributed by atoms with Crippen LogP contribution in [-0.4, -0.2) is 90.7 Å². The van der Waals surface area contributed by atoms with Gasteiger partial charge >= 0.3 is 7.60 Å². The van der Waals surface area contributed by atoms with E-state index in [0.29, 0.717) is 11.2 Å². The fourth-order valence-electron chi connectivity index (χ4n) is 4.17. The smallest absolute Gasteiger partial charge is 0.355 e. The molecule has 196 valence electrons. The van der Waals surface area contributed by atoms with Crippen LogP contribution in [0.2, 0.25) is 5.28 Å². The zero-order valence-corrected chi connectivity index (χ0v) is 20.7. The number of fused-ring (bicyclic) bond motifs is 1. The van der Waals surface area contributed by atoms with E-state index < -0.39 is 60.4 Å². The maximum absolute atomic E-state index is 11.6. The van der Waals surface area contributed by atoms with Crippen LogP contribution in [0.3, 0.4) is 0 Å². The van der Waals surface area contributed by atoms with Crippen LogP contribution >= 0.6 is 19.2 Å². The molecule has 3 heterocycles. The third-order valence-electron chi connectivity index (χ3n) is 5.90. The number of anilines is 1. The van der Waals surface area contributed by atoms with E-state index in [9.17, 15) is 33.0 Å². The number of ether oxygens (including phenoxy) is 2. The Morgan fingerprint density at radius 1 is 1.29 bits per heavy atom. The maximum atomic E-state index is 11.6. The Hall–Kier alpha value is -1.46. The van der Waals surface area contributed by atoms with E-state index in [4.69, 9.17) is 26.2 Å². The number of primary sulfonamides is 1. The van der Waals surface area contributed by atoms with Gasteiger partial charge in [-0.1, -0.05) is 12.8 Å². The lowest BCUT2D eigenvalue weighted by molar-refractivity contribution is -0.0739. The van der Waals surface area contributed by atoms with E-state index in [1.165, 1.54) is 10.9 Å². The minimum Gasteiger partial charge on any atom is -0.387 e. The monoisotopic (exact) mass is 556 g/mol. The number of aliphatic hydroxyl groups excluding tert-OH is 2. The molecule has 7 N–H and O–H groups in total. The molecule has 0 aromatic carbocycles. The van der Waals surface area contributed by atoms with Gasteiger partial charge in [-0.2, -0.15) is 15.1 Å². The Bertz CT molecular complexity index is 1220. The van der Waals surface area contributed by atoms with Gasteiger partial charge in [0.1, 0.15) is 29.9 Å². The molecule has 18 heteroatoms. The van der Waals surface area contributed by atoms with Gasteiger partial charge in [0.25, 0.3) is 0 Å². The van der Waals surface area contributed by atoms with Gasteiger partial charge in [0.2, 0.25) is 15.3 Å². The fraction of sp³-hybridized carbons (Fsp3) is 0.706. The first-order valence-electron chi connectivity index (χ1n) is 10.7. The number of rotatable bonds is 9. The third kappa shape index (κ3) is 6.10. The predicted octanol–water partition coefficient (Wildman–Crippen LogP) is -0.738. The van der Waals surface area contributed by atoms with Gasteiger partial charge < -0.3 is 34.8 Å². The molecule has 1 saturated heterocycles. The van der Waals surface area contributed by atoms with Crippen LogP contribution < -0.4 is 10.5 Å². The van der Waals surface area contributed by atoms with Crippen molar-refractivity contribution in [3.8, 4) is 0 Å². The maximum Gasteiger partial charge on any atom is 0.355 e. The first kappa shape index (κ1) is 26.6. The van der Waals surface area contributed by atoms with Gasteiger partial charge in [-0.25, -0.2) is 18.2 Å². The molecule has 1 aliphatic heterocycles. The van der Waals surface area contributed by atoms with E-state index in [-0.39, 0.29) is 17.0 Å². The van der Waals surface area contributed by atoms with Crippen molar-refractivity contribution < 1.29 is 42.5 Å². The summed E-state index contributed by atoms with van der Waals surface area (Å²) in [5.41, 5.74) is 0.227. The lowest BCUT2D eigenvalue weighted by atomic mass is 10.1. The predicted molar refractivity (Wildman–Crippen MR) is 122 cm³/mol. The second kappa shape index (κ2) is 10.1. The standard InChI is InChI=1S/C17H26ClN6O9PS/c18-17-22-14(21-8-3-1-2-4-8)9-5-20-24(15(9)23-17)16-13(26)12(25)10(33-16)6-32-11(34(27,28)29)7-35(19,30)31/h5,8,10-13,16,25-26H,1-4,6-7H2,(H2,19,30,31)(H,21,22,23)(H2,27,28,29)/t10-,11-,12-,13-,16-/m1/s1. The topological polar surface area (TPSA) is 232 Å². The molecule has 2 aliphatic rings. The molecule has 0 radical (unpaired) electrons. The summed E-state index contributed by atoms with van der Waals surface area (Å²) >= 11 is 6.11. The normalized spacial score (nSPS) is 27.0. The van der Waals surface area contributed by atoms with Crippen molar-refractivity contribution in [3.63, 3.8) is 0 Å². The van der Waals surface area contributed by atoms with Crippen molar-refractivity contribution in [1.82, 2.24) is 19.7 Å². The number of aliphatic hydroxyl groups is 2. The Labute approximate surface area is 204 Å². The summed E-state index contributed by atoms with van der Waals surface area (Å²) in [6, 6.07) is 0.225. The molecule has 15 nitrogen and oxygen atoms in total. The van der Waals surface area contributed by atoms with Gasteiger partial charge in [-0.3, -0.25) is 4.57 Å². The second-order valence-corrected chi connectivity index (χ2v) is 12.3. The van der Waals surface area contributed by atoms with Crippen molar-refractivity contribution >= 4 is 46.1 Å². The van der Waals surface area contributed by atoms with Crippen molar-refractivity contribution in [2.75, 3.05) is 17.7 Å². The van der Waals surface area contributed by atoms with Gasteiger partial charge in [0, 0.05) is 6.04 Å². The second-order valence-electron chi connectivity index (χ2n) is 8.55. The van der Waals surface area contributed by atoms with Crippen molar-refractivity contribution in [2.45, 2.75) is 62.1 Å². The van der Waals surface area contributed by atoms with Gasteiger partial charge in [0.15, 0.2) is 17.7 Å². The molecule has 0 spiro atoms. The summed E-state index contributed by atoms with van der Waals surface area (Å²) in [5.74, 6) is -2.76. The number of halogens is 1. The SMILES string of the molecule is NS(=O)(=O)C[C@H](OC[C@H]1O[C@@H](n2ncc3c(NC4CCCC4)nc(Cl)nc32)[C@H](O)[C@@H]1O)P(=O)(O)O. The van der Waals surface area contributed by atoms with Crippen LogP contribution in [0.25, 0.3) is 11.0 Å². The third-order valence-corrected chi connectivity index (χ3v) is 8.17. The Balaban J connectivity index is 1.53. The quantitative estimate of drug-likeness (QED) is 0.165. The largest absolute Gasteiger partial charge is 0.387 e. The highest BCUT2D eigenvalue weighted by atomic mass is 35.5. The number of sulfonamides is 1. The number of hydrogen-bond donors (Lipinski definition) is 6. The van der Waals surface area contributed by atoms with E-state index in [1.807, 2.05) is 0 Å². The number of nitrogens with one attached hydrogen (secondary N) is 1. The van der Waals surface area contributed by atoms with Crippen molar-refractivity contribution in [3.05, 3.63) is 11.5 Å². The number of nitrogens with zero attached hydrogens (tertiary/aromatic N) is 4. The minimum absolute atomic E-state index is 0.0693. The Morgan fingerprint density at radius 3 is 2.60 bits per heavy atom. The highest BCUT2D eigenvalue weighted by molar-refractivity contribution is 7.89. The summed E-state index contributed by atoms with van der Waals surface area (Å²) in [5, 5.41) is 33.9. The lowest BCUT2D eigenvalue weighted by Gasteiger charge is -2.21. The first-order valence-corrected chi connectivity index (χ1v) is 14.5. The van der Waals surface area contributed by atoms with E-state index >= 15 is 0 Å². The van der Waals surface area contributed by atoms with Gasteiger partial charge in [-0.15, -0.1) is 0 Å². The molecular formula is C17H26ClN6O9PS. The molecule has 0 bridgehead atoms. The van der Waals surface area contributed by atoms with Crippen molar-refractivity contribution in [2.24, 2.45) is 5.14 Å². The van der Waals surface area contributed by atoms with Crippen LogP contribution in [0.15, 0.2) is 6.20 Å². The molecule has 5 atom stereocenters. The summed E-state index contributed by atoms with van der Waals surface area (Å²) in [7, 11) is -9.30. The number of nitrogens with two attached hydrogens (primary N) is 1. The molecule has 2 aromatic rings. The molecular weight excluding hydrogens is 531 g/mol.